The lowest BCUT2D eigenvalue weighted by Crippen LogP contribution is -1.73. The Labute approximate surface area is 61.5 Å². The van der Waals surface area contributed by atoms with Crippen molar-refractivity contribution >= 4 is 5.57 Å². The Kier molecular flexibility index (Phi) is 2.09. The molecule has 0 unspecified atom stereocenters. The third kappa shape index (κ3) is 1.37. The summed E-state index contributed by atoms with van der Waals surface area (Å²) in [5.41, 5.74) is 5.14. The first kappa shape index (κ1) is 6.85. The maximum absolute atomic E-state index is 3.57. The Morgan fingerprint density at radius 1 is 1.30 bits per heavy atom. The van der Waals surface area contributed by atoms with Crippen LogP contribution in [0.3, 0.4) is 0 Å². The van der Waals surface area contributed by atoms with E-state index in [1.807, 2.05) is 37.3 Å². The highest BCUT2D eigenvalue weighted by Gasteiger charge is 1.88. The van der Waals surface area contributed by atoms with Gasteiger partial charge in [0.25, 0.3) is 0 Å². The van der Waals surface area contributed by atoms with Gasteiger partial charge in [-0.15, -0.1) is 5.73 Å². The Hall–Kier alpha value is -1.26. The number of hydrogen-bond acceptors (Lipinski definition) is 0. The maximum atomic E-state index is 3.57. The molecule has 10 heavy (non-hydrogen) atoms. The van der Waals surface area contributed by atoms with Crippen molar-refractivity contribution < 1.29 is 0 Å². The van der Waals surface area contributed by atoms with Crippen LogP contribution >= 0.6 is 0 Å². The molecule has 0 heterocycles. The number of allylic oxidation sites excluding steroid dienone is 1. The average molecular weight is 130 g/mol. The molecule has 0 heteroatoms. The smallest absolute Gasteiger partial charge is 0.00252 e. The lowest BCUT2D eigenvalue weighted by molar-refractivity contribution is 1.58. The van der Waals surface area contributed by atoms with Crippen molar-refractivity contribution in [2.75, 3.05) is 0 Å². The van der Waals surface area contributed by atoms with Crippen LogP contribution in [0.4, 0.5) is 0 Å². The first-order valence-electron chi connectivity index (χ1n) is 3.26. The molecule has 0 amide bonds. The summed E-state index contributed by atoms with van der Waals surface area (Å²) in [4.78, 5) is 0. The van der Waals surface area contributed by atoms with E-state index in [-0.39, 0.29) is 0 Å². The molecule has 1 rings (SSSR count). The monoisotopic (exact) mass is 130 g/mol. The molecule has 0 aromatic heterocycles. The fourth-order valence-corrected chi connectivity index (χ4v) is 0.790. The van der Waals surface area contributed by atoms with Crippen LogP contribution in [0.5, 0.6) is 0 Å². The van der Waals surface area contributed by atoms with Gasteiger partial charge < -0.3 is 0 Å². The van der Waals surface area contributed by atoms with Gasteiger partial charge in [0, 0.05) is 0 Å². The van der Waals surface area contributed by atoms with Gasteiger partial charge >= 0.3 is 0 Å². The van der Waals surface area contributed by atoms with E-state index in [9.17, 15) is 0 Å². The number of rotatable bonds is 1. The number of hydrogen-bond donors (Lipinski definition) is 0. The minimum Gasteiger partial charge on any atom is -0.125 e. The van der Waals surface area contributed by atoms with Crippen LogP contribution in [-0.2, 0) is 0 Å². The van der Waals surface area contributed by atoms with Gasteiger partial charge in [-0.1, -0.05) is 36.9 Å². The van der Waals surface area contributed by atoms with Crippen molar-refractivity contribution in [3.63, 3.8) is 0 Å². The molecule has 0 radical (unpaired) electrons. The highest BCUT2D eigenvalue weighted by atomic mass is 13.9. The molecule has 1 aromatic rings. The molecule has 0 atom stereocenters. The van der Waals surface area contributed by atoms with Gasteiger partial charge in [-0.2, -0.15) is 0 Å². The fraction of sp³-hybridized carbons (Fsp3) is 0.100. The third-order valence-electron chi connectivity index (χ3n) is 1.47. The van der Waals surface area contributed by atoms with Crippen LogP contribution in [-0.4, -0.2) is 0 Å². The molecule has 0 fully saturated rings. The van der Waals surface area contributed by atoms with E-state index >= 15 is 0 Å². The zero-order chi connectivity index (χ0) is 7.40. The summed E-state index contributed by atoms with van der Waals surface area (Å²) in [6.45, 7) is 5.58. The van der Waals surface area contributed by atoms with E-state index in [0.29, 0.717) is 0 Å². The van der Waals surface area contributed by atoms with Gasteiger partial charge in [0.05, 0.1) is 0 Å². The second-order valence-corrected chi connectivity index (χ2v) is 2.17. The van der Waals surface area contributed by atoms with Crippen LogP contribution in [0.2, 0.25) is 0 Å². The molecule has 0 aliphatic carbocycles. The van der Waals surface area contributed by atoms with Crippen LogP contribution in [0, 0.1) is 0 Å². The fourth-order valence-electron chi connectivity index (χ4n) is 0.790. The lowest BCUT2D eigenvalue weighted by atomic mass is 10.1. The zero-order valence-corrected chi connectivity index (χ0v) is 6.09. The standard InChI is InChI=1S/C10H10/c1-3-9(2)10-7-5-4-6-8-10/h4-8H,1H2,2H3. The van der Waals surface area contributed by atoms with E-state index in [1.165, 1.54) is 5.56 Å². The molecular weight excluding hydrogens is 120 g/mol. The molecule has 0 spiro atoms. The van der Waals surface area contributed by atoms with Crippen molar-refractivity contribution in [3.8, 4) is 0 Å². The quantitative estimate of drug-likeness (QED) is 0.513. The second kappa shape index (κ2) is 3.05. The molecule has 0 aliphatic heterocycles. The molecule has 0 bridgehead atoms. The van der Waals surface area contributed by atoms with Crippen LogP contribution in [0.25, 0.3) is 5.57 Å². The van der Waals surface area contributed by atoms with Crippen LogP contribution in [0.1, 0.15) is 12.5 Å². The third-order valence-corrected chi connectivity index (χ3v) is 1.47. The predicted octanol–water partition coefficient (Wildman–Crippen LogP) is 2.87. The Morgan fingerprint density at radius 3 is 2.40 bits per heavy atom. The Bertz CT molecular complexity index is 251. The highest BCUT2D eigenvalue weighted by molar-refractivity contribution is 5.62. The molecule has 0 N–H and O–H groups in total. The van der Waals surface area contributed by atoms with Gasteiger partial charge in [0.1, 0.15) is 0 Å². The molecule has 50 valence electrons. The Morgan fingerprint density at radius 2 is 1.90 bits per heavy atom. The summed E-state index contributed by atoms with van der Waals surface area (Å²) in [6.07, 6.45) is 0. The van der Waals surface area contributed by atoms with E-state index in [2.05, 4.69) is 12.3 Å². The van der Waals surface area contributed by atoms with Crippen molar-refractivity contribution in [2.24, 2.45) is 0 Å². The van der Waals surface area contributed by atoms with Crippen LogP contribution in [0.15, 0.2) is 42.6 Å². The predicted molar refractivity (Wildman–Crippen MR) is 44.7 cm³/mol. The summed E-state index contributed by atoms with van der Waals surface area (Å²) in [6, 6.07) is 10.1. The first-order chi connectivity index (χ1) is 4.84. The van der Waals surface area contributed by atoms with Gasteiger partial charge in [-0.25, -0.2) is 0 Å². The molecule has 1 aromatic carbocycles. The molecule has 0 aliphatic rings. The normalized spacial score (nSPS) is 8.50. The highest BCUT2D eigenvalue weighted by Crippen LogP contribution is 2.09. The topological polar surface area (TPSA) is 0 Å². The lowest BCUT2D eigenvalue weighted by Gasteiger charge is -1.94. The van der Waals surface area contributed by atoms with Gasteiger partial charge in [0.2, 0.25) is 0 Å². The summed E-state index contributed by atoms with van der Waals surface area (Å²) < 4.78 is 0. The minimum absolute atomic E-state index is 1.10. The summed E-state index contributed by atoms with van der Waals surface area (Å²) in [5.74, 6) is 0. The van der Waals surface area contributed by atoms with Gasteiger partial charge in [0.15, 0.2) is 0 Å². The average Bonchev–Trinajstić information content (AvgIpc) is 2.05. The van der Waals surface area contributed by atoms with Gasteiger partial charge in [-0.05, 0) is 18.1 Å². The Balaban J connectivity index is 3.08. The SMILES string of the molecule is C=C=C(C)c1ccccc1. The second-order valence-electron chi connectivity index (χ2n) is 2.17. The minimum atomic E-state index is 1.10. The van der Waals surface area contributed by atoms with E-state index in [4.69, 9.17) is 0 Å². The first-order valence-corrected chi connectivity index (χ1v) is 3.26. The summed E-state index contributed by atoms with van der Waals surface area (Å²) in [5, 5.41) is 0. The maximum Gasteiger partial charge on any atom is -0.00252 e. The van der Waals surface area contributed by atoms with Crippen molar-refractivity contribution in [1.29, 1.82) is 0 Å². The van der Waals surface area contributed by atoms with E-state index < -0.39 is 0 Å². The van der Waals surface area contributed by atoms with Crippen molar-refractivity contribution in [3.05, 3.63) is 48.2 Å². The van der Waals surface area contributed by atoms with Crippen LogP contribution < -0.4 is 0 Å². The van der Waals surface area contributed by atoms with Gasteiger partial charge in [-0.3, -0.25) is 0 Å². The number of benzene rings is 1. The summed E-state index contributed by atoms with van der Waals surface area (Å²) >= 11 is 0. The zero-order valence-electron chi connectivity index (χ0n) is 6.09. The van der Waals surface area contributed by atoms with Crippen molar-refractivity contribution in [1.82, 2.24) is 0 Å². The van der Waals surface area contributed by atoms with Crippen molar-refractivity contribution in [2.45, 2.75) is 6.92 Å². The molecule has 0 saturated carbocycles. The molecule has 0 nitrogen and oxygen atoms in total. The van der Waals surface area contributed by atoms with E-state index in [0.717, 1.165) is 5.57 Å². The molecular formula is C10H10. The largest absolute Gasteiger partial charge is 0.125 e. The molecule has 0 saturated heterocycles. The van der Waals surface area contributed by atoms with E-state index in [1.54, 1.807) is 0 Å². The summed E-state index contributed by atoms with van der Waals surface area (Å²) in [7, 11) is 0.